The highest BCUT2D eigenvalue weighted by molar-refractivity contribution is 5.75. The molecule has 0 saturated heterocycles. The van der Waals surface area contributed by atoms with Crippen molar-refractivity contribution >= 4 is 5.57 Å². The third kappa shape index (κ3) is 6.92. The lowest BCUT2D eigenvalue weighted by molar-refractivity contribution is 0.0972. The van der Waals surface area contributed by atoms with Gasteiger partial charge in [0.2, 0.25) is 0 Å². The van der Waals surface area contributed by atoms with Crippen LogP contribution >= 0.6 is 0 Å². The van der Waals surface area contributed by atoms with Crippen molar-refractivity contribution in [3.05, 3.63) is 69.5 Å². The van der Waals surface area contributed by atoms with Gasteiger partial charge in [-0.1, -0.05) is 99.1 Å². The Morgan fingerprint density at radius 2 is 1.57 bits per heavy atom. The fourth-order valence-corrected chi connectivity index (χ4v) is 5.52. The molecule has 0 radical (unpaired) electrons. The molecule has 0 amide bonds. The number of aliphatic hydroxyl groups is 2. The van der Waals surface area contributed by atoms with Crippen LogP contribution < -0.4 is 0 Å². The zero-order chi connectivity index (χ0) is 27.5. The van der Waals surface area contributed by atoms with Crippen LogP contribution in [0.5, 0.6) is 0 Å². The van der Waals surface area contributed by atoms with Gasteiger partial charge in [-0.25, -0.2) is 0 Å². The average molecular weight is 506 g/mol. The van der Waals surface area contributed by atoms with E-state index < -0.39 is 12.2 Å². The molecule has 2 aromatic rings. The third-order valence-corrected chi connectivity index (χ3v) is 8.02. The van der Waals surface area contributed by atoms with Crippen molar-refractivity contribution in [1.82, 2.24) is 4.98 Å². The summed E-state index contributed by atoms with van der Waals surface area (Å²) in [4.78, 5) is 5.14. The molecule has 2 aliphatic carbocycles. The van der Waals surface area contributed by atoms with Gasteiger partial charge in [-0.2, -0.15) is 0 Å². The summed E-state index contributed by atoms with van der Waals surface area (Å²) < 4.78 is 0. The van der Waals surface area contributed by atoms with Crippen molar-refractivity contribution in [1.29, 1.82) is 0 Å². The van der Waals surface area contributed by atoms with E-state index >= 15 is 0 Å². The van der Waals surface area contributed by atoms with Crippen LogP contribution in [-0.4, -0.2) is 15.2 Å². The van der Waals surface area contributed by atoms with Gasteiger partial charge in [0.15, 0.2) is 0 Å². The highest BCUT2D eigenvalue weighted by Gasteiger charge is 2.38. The molecule has 204 valence electrons. The number of aliphatic hydroxyl groups excluding tert-OH is 2. The van der Waals surface area contributed by atoms with Crippen LogP contribution in [0, 0.1) is 11.3 Å². The van der Waals surface area contributed by atoms with Crippen LogP contribution in [0.15, 0.2) is 30.3 Å². The normalized spacial score (nSPS) is 19.5. The van der Waals surface area contributed by atoms with Gasteiger partial charge in [0, 0.05) is 22.5 Å². The number of aromatic nitrogens is 1. The summed E-state index contributed by atoms with van der Waals surface area (Å²) in [5.41, 5.74) is 8.40. The number of nitrogens with zero attached hydrogens (tertiary/aromatic N) is 1. The van der Waals surface area contributed by atoms with Crippen molar-refractivity contribution < 1.29 is 10.2 Å². The van der Waals surface area contributed by atoms with Gasteiger partial charge in [-0.3, -0.25) is 4.98 Å². The molecule has 0 fully saturated rings. The SMILES string of the molecule is CC(C)c1ccc(C(O)c2c(C(C)C)nc3c(c2C2=CCCC2)C(O)CC(C)(C)C3)cc1.CCC(C)C. The molecule has 0 bridgehead atoms. The Kier molecular flexibility index (Phi) is 9.80. The molecule has 0 saturated carbocycles. The predicted molar refractivity (Wildman–Crippen MR) is 157 cm³/mol. The van der Waals surface area contributed by atoms with Crippen LogP contribution in [0.25, 0.3) is 5.57 Å². The Bertz CT molecular complexity index is 1080. The average Bonchev–Trinajstić information content (AvgIpc) is 3.36. The molecule has 37 heavy (non-hydrogen) atoms. The van der Waals surface area contributed by atoms with Crippen LogP contribution in [0.1, 0.15) is 158 Å². The standard InChI is InChI=1S/C29H39NO2.C5H12/c1-17(2)19-11-13-21(14-12-19)28(32)26-24(20-9-7-8-10-20)25-22(30-27(26)18(3)4)15-29(5,6)16-23(25)31;1-4-5(2)3/h9,11-14,17-18,23,28,31-32H,7-8,10,15-16H2,1-6H3;5H,4H2,1-3H3. The number of benzene rings is 1. The lowest BCUT2D eigenvalue weighted by Gasteiger charge is -2.37. The smallest absolute Gasteiger partial charge is 0.106 e. The maximum absolute atomic E-state index is 11.7. The zero-order valence-electron chi connectivity index (χ0n) is 24.9. The minimum absolute atomic E-state index is 0.0157. The van der Waals surface area contributed by atoms with E-state index in [4.69, 9.17) is 4.98 Å². The van der Waals surface area contributed by atoms with Crippen LogP contribution in [0.2, 0.25) is 0 Å². The van der Waals surface area contributed by atoms with E-state index in [0.29, 0.717) is 5.92 Å². The molecule has 1 heterocycles. The molecule has 0 spiro atoms. The minimum Gasteiger partial charge on any atom is -0.388 e. The second-order valence-corrected chi connectivity index (χ2v) is 13.0. The monoisotopic (exact) mass is 505 g/mol. The van der Waals surface area contributed by atoms with Gasteiger partial charge in [0.05, 0.1) is 6.10 Å². The lowest BCUT2D eigenvalue weighted by Crippen LogP contribution is -2.29. The predicted octanol–water partition coefficient (Wildman–Crippen LogP) is 9.04. The maximum atomic E-state index is 11.7. The van der Waals surface area contributed by atoms with Crippen LogP contribution in [0.4, 0.5) is 0 Å². The van der Waals surface area contributed by atoms with Gasteiger partial charge < -0.3 is 10.2 Å². The van der Waals surface area contributed by atoms with Gasteiger partial charge in [-0.15, -0.1) is 0 Å². The first-order chi connectivity index (χ1) is 17.4. The van der Waals surface area contributed by atoms with E-state index in [-0.39, 0.29) is 11.3 Å². The Labute approximate surface area is 226 Å². The van der Waals surface area contributed by atoms with E-state index in [1.54, 1.807) is 0 Å². The molecule has 1 aromatic carbocycles. The molecule has 4 rings (SSSR count). The van der Waals surface area contributed by atoms with E-state index in [1.807, 2.05) is 0 Å². The Morgan fingerprint density at radius 3 is 2.05 bits per heavy atom. The number of allylic oxidation sites excluding steroid dienone is 2. The molecule has 2 atom stereocenters. The zero-order valence-corrected chi connectivity index (χ0v) is 24.9. The van der Waals surface area contributed by atoms with Gasteiger partial charge in [-0.05, 0) is 77.5 Å². The summed E-state index contributed by atoms with van der Waals surface area (Å²) in [5.74, 6) is 1.52. The molecule has 1 aromatic heterocycles. The summed E-state index contributed by atoms with van der Waals surface area (Å²) in [5, 5.41) is 23.0. The van der Waals surface area contributed by atoms with Gasteiger partial charge in [0.25, 0.3) is 0 Å². The lowest BCUT2D eigenvalue weighted by atomic mass is 9.71. The molecule has 2 unspecified atom stereocenters. The highest BCUT2D eigenvalue weighted by Crippen LogP contribution is 2.48. The van der Waals surface area contributed by atoms with Crippen molar-refractivity contribution in [2.24, 2.45) is 11.3 Å². The quantitative estimate of drug-likeness (QED) is 0.412. The van der Waals surface area contributed by atoms with E-state index in [2.05, 4.69) is 92.7 Å². The van der Waals surface area contributed by atoms with E-state index in [1.165, 1.54) is 17.6 Å². The largest absolute Gasteiger partial charge is 0.388 e. The molecule has 2 aliphatic rings. The van der Waals surface area contributed by atoms with Crippen LogP contribution in [-0.2, 0) is 6.42 Å². The molecule has 2 N–H and O–H groups in total. The Hall–Kier alpha value is -1.97. The number of hydrogen-bond acceptors (Lipinski definition) is 3. The molecular formula is C34H51NO2. The van der Waals surface area contributed by atoms with Crippen LogP contribution in [0.3, 0.4) is 0 Å². The fraction of sp³-hybridized carbons (Fsp3) is 0.618. The van der Waals surface area contributed by atoms with E-state index in [9.17, 15) is 10.2 Å². The third-order valence-electron chi connectivity index (χ3n) is 8.02. The van der Waals surface area contributed by atoms with E-state index in [0.717, 1.165) is 71.7 Å². The summed E-state index contributed by atoms with van der Waals surface area (Å²) in [6.45, 7) is 19.7. The molecule has 3 heteroatoms. The second kappa shape index (κ2) is 12.3. The maximum Gasteiger partial charge on any atom is 0.106 e. The Morgan fingerprint density at radius 1 is 0.973 bits per heavy atom. The van der Waals surface area contributed by atoms with Crippen molar-refractivity contribution in [2.75, 3.05) is 0 Å². The summed E-state index contributed by atoms with van der Waals surface area (Å²) in [6.07, 6.45) is 7.08. The van der Waals surface area contributed by atoms with Crippen molar-refractivity contribution in [2.45, 2.75) is 125 Å². The molecule has 0 aliphatic heterocycles. The minimum atomic E-state index is -0.759. The number of fused-ring (bicyclic) bond motifs is 1. The van der Waals surface area contributed by atoms with Crippen molar-refractivity contribution in [3.63, 3.8) is 0 Å². The Balaban J connectivity index is 0.000000695. The number of hydrogen-bond donors (Lipinski definition) is 2. The summed E-state index contributed by atoms with van der Waals surface area (Å²) in [6, 6.07) is 8.35. The summed E-state index contributed by atoms with van der Waals surface area (Å²) in [7, 11) is 0. The first-order valence-electron chi connectivity index (χ1n) is 14.6. The topological polar surface area (TPSA) is 53.4 Å². The molecule has 3 nitrogen and oxygen atoms in total. The van der Waals surface area contributed by atoms with Crippen molar-refractivity contribution in [3.8, 4) is 0 Å². The molecular weight excluding hydrogens is 454 g/mol. The number of rotatable bonds is 6. The highest BCUT2D eigenvalue weighted by atomic mass is 16.3. The fourth-order valence-electron chi connectivity index (χ4n) is 5.52. The first kappa shape index (κ1) is 29.6. The summed E-state index contributed by atoms with van der Waals surface area (Å²) >= 11 is 0. The number of pyridine rings is 1. The van der Waals surface area contributed by atoms with Gasteiger partial charge >= 0.3 is 0 Å². The first-order valence-corrected chi connectivity index (χ1v) is 14.6. The van der Waals surface area contributed by atoms with Gasteiger partial charge in [0.1, 0.15) is 6.10 Å². The second-order valence-electron chi connectivity index (χ2n) is 13.0.